The molecule has 1 amide bonds. The molecule has 1 heterocycles. The Hall–Kier alpha value is -2.68. The summed E-state index contributed by atoms with van der Waals surface area (Å²) < 4.78 is 5.46. The van der Waals surface area contributed by atoms with E-state index in [1.54, 1.807) is 4.90 Å². The van der Waals surface area contributed by atoms with Crippen LogP contribution in [0.5, 0.6) is 5.75 Å². The number of Topliss-reactive ketones (excluding diaryl/α,β-unsaturated/α-hetero) is 1. The van der Waals surface area contributed by atoms with Crippen LogP contribution in [-0.4, -0.2) is 59.2 Å². The van der Waals surface area contributed by atoms with Gasteiger partial charge in [-0.15, -0.1) is 0 Å². The molecule has 1 fully saturated rings. The summed E-state index contributed by atoms with van der Waals surface area (Å²) in [4.78, 5) is 39.0. The third kappa shape index (κ3) is 5.94. The number of nitro groups is 1. The van der Waals surface area contributed by atoms with Crippen LogP contribution in [0, 0.1) is 10.1 Å². The molecule has 0 atom stereocenters. The van der Waals surface area contributed by atoms with E-state index >= 15 is 0 Å². The van der Waals surface area contributed by atoms with Gasteiger partial charge in [-0.1, -0.05) is 35.3 Å². The Morgan fingerprint density at radius 2 is 1.71 bits per heavy atom. The summed E-state index contributed by atoms with van der Waals surface area (Å²) in [6.07, 6.45) is 0. The smallest absolute Gasteiger partial charge is 0.313 e. The van der Waals surface area contributed by atoms with Crippen molar-refractivity contribution in [2.75, 3.05) is 32.8 Å². The number of amides is 1. The monoisotopic (exact) mass is 465 g/mol. The highest BCUT2D eigenvalue weighted by Gasteiger charge is 2.26. The van der Waals surface area contributed by atoms with Gasteiger partial charge in [-0.2, -0.15) is 0 Å². The average Bonchev–Trinajstić information content (AvgIpc) is 2.74. The number of benzene rings is 2. The molecule has 0 aliphatic carbocycles. The summed E-state index contributed by atoms with van der Waals surface area (Å²) >= 11 is 11.8. The van der Waals surface area contributed by atoms with Gasteiger partial charge in [-0.25, -0.2) is 0 Å². The van der Waals surface area contributed by atoms with Crippen LogP contribution in [0.15, 0.2) is 36.4 Å². The molecule has 0 aromatic heterocycles. The van der Waals surface area contributed by atoms with Gasteiger partial charge in [-0.05, 0) is 30.7 Å². The molecule has 10 heteroatoms. The highest BCUT2D eigenvalue weighted by atomic mass is 35.5. The number of rotatable bonds is 7. The predicted octanol–water partition coefficient (Wildman–Crippen LogP) is 3.83. The molecule has 1 aliphatic heterocycles. The van der Waals surface area contributed by atoms with Gasteiger partial charge in [0.2, 0.25) is 5.75 Å². The highest BCUT2D eigenvalue weighted by Crippen LogP contribution is 2.35. The molecule has 31 heavy (non-hydrogen) atoms. The number of hydrogen-bond acceptors (Lipinski definition) is 6. The Morgan fingerprint density at radius 1 is 1.06 bits per heavy atom. The standard InChI is InChI=1S/C21H21Cl2N3O5/c1-14(27)18-10-17(23)11-19(26(29)30)21(18)31-13-20(28)25-8-6-24(7-9-25)12-15-2-4-16(22)5-3-15/h2-5,10-11H,6-9,12-13H2,1H3. The number of halogens is 2. The lowest BCUT2D eigenvalue weighted by molar-refractivity contribution is -0.385. The Kier molecular flexibility index (Phi) is 7.48. The molecule has 0 N–H and O–H groups in total. The molecule has 3 rings (SSSR count). The zero-order valence-electron chi connectivity index (χ0n) is 16.8. The van der Waals surface area contributed by atoms with Crippen molar-refractivity contribution >= 4 is 40.6 Å². The third-order valence-electron chi connectivity index (χ3n) is 4.99. The van der Waals surface area contributed by atoms with E-state index in [1.165, 1.54) is 13.0 Å². The van der Waals surface area contributed by atoms with Gasteiger partial charge in [0.05, 0.1) is 10.5 Å². The largest absolute Gasteiger partial charge is 0.476 e. The summed E-state index contributed by atoms with van der Waals surface area (Å²) in [5.74, 6) is -0.981. The van der Waals surface area contributed by atoms with E-state index < -0.39 is 23.0 Å². The van der Waals surface area contributed by atoms with Crippen molar-refractivity contribution in [1.82, 2.24) is 9.80 Å². The van der Waals surface area contributed by atoms with Gasteiger partial charge >= 0.3 is 5.69 Å². The first-order valence-electron chi connectivity index (χ1n) is 9.61. The number of carbonyl (C=O) groups excluding carboxylic acids is 2. The summed E-state index contributed by atoms with van der Waals surface area (Å²) in [5.41, 5.74) is 0.664. The zero-order chi connectivity index (χ0) is 22.5. The van der Waals surface area contributed by atoms with Crippen LogP contribution in [0.1, 0.15) is 22.8 Å². The molecule has 0 saturated carbocycles. The fourth-order valence-corrected chi connectivity index (χ4v) is 3.70. The SMILES string of the molecule is CC(=O)c1cc(Cl)cc([N+](=O)[O-])c1OCC(=O)N1CCN(Cc2ccc(Cl)cc2)CC1. The van der Waals surface area contributed by atoms with E-state index in [2.05, 4.69) is 4.90 Å². The average molecular weight is 466 g/mol. The van der Waals surface area contributed by atoms with E-state index in [4.69, 9.17) is 27.9 Å². The number of nitrogens with zero attached hydrogens (tertiary/aromatic N) is 3. The molecule has 8 nitrogen and oxygen atoms in total. The van der Waals surface area contributed by atoms with Crippen molar-refractivity contribution in [3.63, 3.8) is 0 Å². The Bertz CT molecular complexity index is 954. The number of hydrogen-bond donors (Lipinski definition) is 0. The van der Waals surface area contributed by atoms with Crippen molar-refractivity contribution in [3.05, 3.63) is 67.7 Å². The van der Waals surface area contributed by atoms with Crippen LogP contribution in [0.25, 0.3) is 0 Å². The van der Waals surface area contributed by atoms with Gasteiger partial charge in [0.1, 0.15) is 0 Å². The number of carbonyl (C=O) groups is 2. The zero-order valence-corrected chi connectivity index (χ0v) is 18.4. The molecular formula is C21H21Cl2N3O5. The molecule has 1 saturated heterocycles. The minimum atomic E-state index is -0.687. The predicted molar refractivity (Wildman–Crippen MR) is 117 cm³/mol. The second-order valence-corrected chi connectivity index (χ2v) is 8.06. The molecule has 2 aromatic rings. The Labute approximate surface area is 189 Å². The fourth-order valence-electron chi connectivity index (χ4n) is 3.36. The Morgan fingerprint density at radius 3 is 2.29 bits per heavy atom. The van der Waals surface area contributed by atoms with Crippen LogP contribution < -0.4 is 4.74 Å². The lowest BCUT2D eigenvalue weighted by Crippen LogP contribution is -2.49. The van der Waals surface area contributed by atoms with Gasteiger partial charge in [-0.3, -0.25) is 24.6 Å². The first-order valence-corrected chi connectivity index (χ1v) is 10.4. The van der Waals surface area contributed by atoms with E-state index in [1.807, 2.05) is 24.3 Å². The number of piperazine rings is 1. The molecule has 1 aliphatic rings. The second kappa shape index (κ2) is 10.1. The summed E-state index contributed by atoms with van der Waals surface area (Å²) in [6, 6.07) is 10.0. The lowest BCUT2D eigenvalue weighted by atomic mass is 10.1. The second-order valence-electron chi connectivity index (χ2n) is 7.19. The molecular weight excluding hydrogens is 445 g/mol. The van der Waals surface area contributed by atoms with Gasteiger partial charge in [0.25, 0.3) is 5.91 Å². The van der Waals surface area contributed by atoms with Crippen molar-refractivity contribution in [1.29, 1.82) is 0 Å². The van der Waals surface area contributed by atoms with Crippen LogP contribution >= 0.6 is 23.2 Å². The highest BCUT2D eigenvalue weighted by molar-refractivity contribution is 6.31. The maximum atomic E-state index is 12.6. The van der Waals surface area contributed by atoms with Crippen molar-refractivity contribution in [2.45, 2.75) is 13.5 Å². The van der Waals surface area contributed by atoms with Crippen LogP contribution in [0.3, 0.4) is 0 Å². The molecule has 2 aromatic carbocycles. The maximum absolute atomic E-state index is 12.6. The van der Waals surface area contributed by atoms with Crippen LogP contribution in [-0.2, 0) is 11.3 Å². The molecule has 0 bridgehead atoms. The molecule has 0 radical (unpaired) electrons. The van der Waals surface area contributed by atoms with E-state index in [-0.39, 0.29) is 22.2 Å². The normalized spacial score (nSPS) is 14.4. The Balaban J connectivity index is 1.59. The summed E-state index contributed by atoms with van der Waals surface area (Å²) in [5, 5.41) is 12.1. The summed E-state index contributed by atoms with van der Waals surface area (Å²) in [7, 11) is 0. The molecule has 0 unspecified atom stereocenters. The number of ether oxygens (including phenoxy) is 1. The van der Waals surface area contributed by atoms with Crippen LogP contribution in [0.4, 0.5) is 5.69 Å². The quantitative estimate of drug-likeness (QED) is 0.350. The van der Waals surface area contributed by atoms with Crippen molar-refractivity contribution in [2.24, 2.45) is 0 Å². The third-order valence-corrected chi connectivity index (χ3v) is 5.46. The van der Waals surface area contributed by atoms with Crippen molar-refractivity contribution in [3.8, 4) is 5.75 Å². The van der Waals surface area contributed by atoms with Gasteiger partial charge in [0.15, 0.2) is 12.4 Å². The first-order chi connectivity index (χ1) is 14.7. The van der Waals surface area contributed by atoms with E-state index in [9.17, 15) is 19.7 Å². The van der Waals surface area contributed by atoms with Crippen LogP contribution in [0.2, 0.25) is 10.0 Å². The van der Waals surface area contributed by atoms with Gasteiger partial charge in [0, 0.05) is 48.8 Å². The minimum absolute atomic E-state index is 0.0280. The summed E-state index contributed by atoms with van der Waals surface area (Å²) in [6.45, 7) is 4.01. The molecule has 164 valence electrons. The number of nitro benzene ring substituents is 1. The fraction of sp³-hybridized carbons (Fsp3) is 0.333. The van der Waals surface area contributed by atoms with Crippen molar-refractivity contribution < 1.29 is 19.2 Å². The topological polar surface area (TPSA) is 93.0 Å². The lowest BCUT2D eigenvalue weighted by Gasteiger charge is -2.34. The first kappa shape index (κ1) is 23.0. The van der Waals surface area contributed by atoms with Gasteiger partial charge < -0.3 is 9.64 Å². The number of ketones is 1. The minimum Gasteiger partial charge on any atom is -0.476 e. The molecule has 0 spiro atoms. The van der Waals surface area contributed by atoms with E-state index in [0.29, 0.717) is 31.2 Å². The van der Waals surface area contributed by atoms with E-state index in [0.717, 1.165) is 18.2 Å². The maximum Gasteiger partial charge on any atom is 0.313 e.